The molecule has 2 aromatic rings. The predicted octanol–water partition coefficient (Wildman–Crippen LogP) is 2.52. The highest BCUT2D eigenvalue weighted by atomic mass is 79.9. The van der Waals surface area contributed by atoms with Crippen LogP contribution < -0.4 is 0 Å². The summed E-state index contributed by atoms with van der Waals surface area (Å²) in [4.78, 5) is 8.99. The smallest absolute Gasteiger partial charge is 0.133 e. The van der Waals surface area contributed by atoms with Crippen molar-refractivity contribution in [2.24, 2.45) is 7.05 Å². The van der Waals surface area contributed by atoms with Gasteiger partial charge in [0.15, 0.2) is 0 Å². The zero-order valence-electron chi connectivity index (χ0n) is 8.89. The van der Waals surface area contributed by atoms with E-state index in [4.69, 9.17) is 0 Å². The third-order valence-electron chi connectivity index (χ3n) is 2.66. The Morgan fingerprint density at radius 3 is 2.81 bits per heavy atom. The van der Waals surface area contributed by atoms with Crippen LogP contribution in [0.25, 0.3) is 11.3 Å². The molecular weight excluding hydrogens is 268 g/mol. The van der Waals surface area contributed by atoms with Gasteiger partial charge in [-0.3, -0.25) is 4.68 Å². The lowest BCUT2D eigenvalue weighted by molar-refractivity contribution is 0.768. The highest BCUT2D eigenvalue weighted by Crippen LogP contribution is 2.39. The Kier molecular flexibility index (Phi) is 2.28. The van der Waals surface area contributed by atoms with Crippen LogP contribution in [0.15, 0.2) is 23.1 Å². The average Bonchev–Trinajstić information content (AvgIpc) is 3.01. The lowest BCUT2D eigenvalue weighted by Crippen LogP contribution is -1.95. The molecule has 0 saturated heterocycles. The van der Waals surface area contributed by atoms with Crippen molar-refractivity contribution in [2.45, 2.75) is 18.8 Å². The van der Waals surface area contributed by atoms with Crippen LogP contribution >= 0.6 is 15.9 Å². The van der Waals surface area contributed by atoms with Gasteiger partial charge in [0.1, 0.15) is 10.4 Å². The quantitative estimate of drug-likeness (QED) is 0.793. The first-order valence-corrected chi connectivity index (χ1v) is 6.05. The second-order valence-corrected chi connectivity index (χ2v) is 4.92. The fourth-order valence-corrected chi connectivity index (χ4v) is 2.06. The van der Waals surface area contributed by atoms with Crippen molar-refractivity contribution in [3.8, 4) is 11.3 Å². The van der Waals surface area contributed by atoms with Crippen molar-refractivity contribution in [3.05, 3.63) is 28.9 Å². The third kappa shape index (κ3) is 1.87. The van der Waals surface area contributed by atoms with Crippen molar-refractivity contribution < 1.29 is 0 Å². The van der Waals surface area contributed by atoms with Gasteiger partial charge in [-0.25, -0.2) is 9.97 Å². The first-order valence-electron chi connectivity index (χ1n) is 5.26. The molecule has 16 heavy (non-hydrogen) atoms. The normalized spacial score (nSPS) is 15.4. The number of aryl methyl sites for hydroxylation is 1. The van der Waals surface area contributed by atoms with Gasteiger partial charge in [0, 0.05) is 24.7 Å². The summed E-state index contributed by atoms with van der Waals surface area (Å²) in [5.74, 6) is 1.51. The molecule has 3 rings (SSSR count). The Bertz CT molecular complexity index is 531. The van der Waals surface area contributed by atoms with E-state index >= 15 is 0 Å². The van der Waals surface area contributed by atoms with E-state index in [2.05, 4.69) is 31.0 Å². The lowest BCUT2D eigenvalue weighted by atomic mass is 10.2. The van der Waals surface area contributed by atoms with Crippen LogP contribution in [0.5, 0.6) is 0 Å². The number of hydrogen-bond donors (Lipinski definition) is 0. The molecule has 5 heteroatoms. The van der Waals surface area contributed by atoms with Crippen LogP contribution in [0.4, 0.5) is 0 Å². The summed E-state index contributed by atoms with van der Waals surface area (Å²) in [6, 6.07) is 1.93. The molecule has 4 nitrogen and oxygen atoms in total. The van der Waals surface area contributed by atoms with Crippen molar-refractivity contribution >= 4 is 15.9 Å². The van der Waals surface area contributed by atoms with E-state index in [9.17, 15) is 0 Å². The molecule has 1 fully saturated rings. The standard InChI is InChI=1S/C11H11BrN4/c1-16-6-8(5-13-16)9-4-10(12)15-11(14-9)7-2-3-7/h4-7H,2-3H2,1H3. The molecule has 1 saturated carbocycles. The van der Waals surface area contributed by atoms with Gasteiger partial charge in [0.2, 0.25) is 0 Å². The van der Waals surface area contributed by atoms with Crippen molar-refractivity contribution in [2.75, 3.05) is 0 Å². The van der Waals surface area contributed by atoms with E-state index < -0.39 is 0 Å². The topological polar surface area (TPSA) is 43.6 Å². The number of halogens is 1. The van der Waals surface area contributed by atoms with Gasteiger partial charge < -0.3 is 0 Å². The van der Waals surface area contributed by atoms with Crippen molar-refractivity contribution in [1.82, 2.24) is 19.7 Å². The maximum absolute atomic E-state index is 4.58. The van der Waals surface area contributed by atoms with Crippen molar-refractivity contribution in [1.29, 1.82) is 0 Å². The minimum Gasteiger partial charge on any atom is -0.275 e. The molecule has 0 N–H and O–H groups in total. The molecule has 0 bridgehead atoms. The van der Waals surface area contributed by atoms with Gasteiger partial charge in [0.05, 0.1) is 11.9 Å². The van der Waals surface area contributed by atoms with E-state index in [1.165, 1.54) is 12.8 Å². The second-order valence-electron chi connectivity index (χ2n) is 4.11. The Morgan fingerprint density at radius 1 is 1.38 bits per heavy atom. The highest BCUT2D eigenvalue weighted by molar-refractivity contribution is 9.10. The summed E-state index contributed by atoms with van der Waals surface area (Å²) in [6.07, 6.45) is 6.21. The predicted molar refractivity (Wildman–Crippen MR) is 63.9 cm³/mol. The van der Waals surface area contributed by atoms with Crippen LogP contribution in [0.1, 0.15) is 24.6 Å². The van der Waals surface area contributed by atoms with Gasteiger partial charge in [-0.15, -0.1) is 0 Å². The summed E-state index contributed by atoms with van der Waals surface area (Å²) in [5.41, 5.74) is 1.98. The molecule has 2 aromatic heterocycles. The maximum atomic E-state index is 4.58. The Hall–Kier alpha value is -1.23. The van der Waals surface area contributed by atoms with Crippen LogP contribution in [0.2, 0.25) is 0 Å². The first kappa shape index (κ1) is 9.96. The molecule has 1 aliphatic carbocycles. The zero-order chi connectivity index (χ0) is 11.1. The summed E-state index contributed by atoms with van der Waals surface area (Å²) in [7, 11) is 1.90. The molecule has 1 aliphatic rings. The van der Waals surface area contributed by atoms with Crippen molar-refractivity contribution in [3.63, 3.8) is 0 Å². The zero-order valence-corrected chi connectivity index (χ0v) is 10.5. The fraction of sp³-hybridized carbons (Fsp3) is 0.364. The molecule has 0 spiro atoms. The molecule has 82 valence electrons. The van der Waals surface area contributed by atoms with Gasteiger partial charge in [0.25, 0.3) is 0 Å². The largest absolute Gasteiger partial charge is 0.275 e. The average molecular weight is 279 g/mol. The van der Waals surface area contributed by atoms with Crippen LogP contribution in [-0.2, 0) is 7.05 Å². The molecular formula is C11H11BrN4. The van der Waals surface area contributed by atoms with Gasteiger partial charge >= 0.3 is 0 Å². The molecule has 0 unspecified atom stereocenters. The number of aromatic nitrogens is 4. The van der Waals surface area contributed by atoms with E-state index in [1.807, 2.05) is 25.5 Å². The molecule has 0 aromatic carbocycles. The monoisotopic (exact) mass is 278 g/mol. The van der Waals surface area contributed by atoms with Crippen LogP contribution in [-0.4, -0.2) is 19.7 Å². The van der Waals surface area contributed by atoms with Crippen LogP contribution in [0.3, 0.4) is 0 Å². The van der Waals surface area contributed by atoms with E-state index in [1.54, 1.807) is 4.68 Å². The highest BCUT2D eigenvalue weighted by Gasteiger charge is 2.27. The second kappa shape index (κ2) is 3.66. The molecule has 0 atom stereocenters. The maximum Gasteiger partial charge on any atom is 0.133 e. The summed E-state index contributed by atoms with van der Waals surface area (Å²) >= 11 is 3.43. The van der Waals surface area contributed by atoms with E-state index in [0.717, 1.165) is 21.7 Å². The number of rotatable bonds is 2. The molecule has 0 radical (unpaired) electrons. The number of nitrogens with zero attached hydrogens (tertiary/aromatic N) is 4. The molecule has 2 heterocycles. The summed E-state index contributed by atoms with van der Waals surface area (Å²) in [6.45, 7) is 0. The summed E-state index contributed by atoms with van der Waals surface area (Å²) < 4.78 is 2.63. The Morgan fingerprint density at radius 2 is 2.19 bits per heavy atom. The Labute approximate surface area is 102 Å². The third-order valence-corrected chi connectivity index (χ3v) is 3.06. The summed E-state index contributed by atoms with van der Waals surface area (Å²) in [5, 5.41) is 4.15. The number of hydrogen-bond acceptors (Lipinski definition) is 3. The minimum absolute atomic E-state index is 0.563. The van der Waals surface area contributed by atoms with Gasteiger partial charge in [-0.1, -0.05) is 0 Å². The van der Waals surface area contributed by atoms with E-state index in [-0.39, 0.29) is 0 Å². The molecule has 0 aliphatic heterocycles. The SMILES string of the molecule is Cn1cc(-c2cc(Br)nc(C3CC3)n2)cn1. The van der Waals surface area contributed by atoms with E-state index in [0.29, 0.717) is 5.92 Å². The molecule has 0 amide bonds. The van der Waals surface area contributed by atoms with Crippen LogP contribution in [0, 0.1) is 0 Å². The lowest BCUT2D eigenvalue weighted by Gasteiger charge is -2.01. The fourth-order valence-electron chi connectivity index (χ4n) is 1.66. The minimum atomic E-state index is 0.563. The Balaban J connectivity index is 2.06. The first-order chi connectivity index (χ1) is 7.72. The van der Waals surface area contributed by atoms with Gasteiger partial charge in [-0.2, -0.15) is 5.10 Å². The van der Waals surface area contributed by atoms with Gasteiger partial charge in [-0.05, 0) is 34.8 Å².